The van der Waals surface area contributed by atoms with Gasteiger partial charge in [-0.2, -0.15) is 0 Å². The summed E-state index contributed by atoms with van der Waals surface area (Å²) in [5.74, 6) is -1.47. The van der Waals surface area contributed by atoms with Gasteiger partial charge in [-0.1, -0.05) is 70.5 Å². The van der Waals surface area contributed by atoms with Crippen LogP contribution in [0.3, 0.4) is 0 Å². The first kappa shape index (κ1) is 21.5. The standard InChI is InChI=1S/C25H19BrN2O4/c26-18-10-6-9-17(13-18)25(31)28-15-22(29)32-24(16-7-2-1-3-8-16)23(30)20-14-27-21-12-5-4-11-19(20)21/h1-14,24,27H,15H2,(H,28,31). The number of rotatable bonds is 7. The first-order valence-electron chi connectivity index (χ1n) is 9.91. The highest BCUT2D eigenvalue weighted by molar-refractivity contribution is 9.10. The number of halogens is 1. The highest BCUT2D eigenvalue weighted by Crippen LogP contribution is 2.27. The molecule has 160 valence electrons. The molecule has 32 heavy (non-hydrogen) atoms. The summed E-state index contributed by atoms with van der Waals surface area (Å²) in [5.41, 5.74) is 2.20. The number of nitrogens with one attached hydrogen (secondary N) is 2. The first-order chi connectivity index (χ1) is 15.5. The molecule has 0 aliphatic carbocycles. The number of hydrogen-bond donors (Lipinski definition) is 2. The molecule has 0 bridgehead atoms. The molecule has 1 amide bonds. The van der Waals surface area contributed by atoms with E-state index in [9.17, 15) is 14.4 Å². The number of fused-ring (bicyclic) bond motifs is 1. The zero-order chi connectivity index (χ0) is 22.5. The van der Waals surface area contributed by atoms with Gasteiger partial charge < -0.3 is 15.0 Å². The number of hydrogen-bond acceptors (Lipinski definition) is 4. The minimum absolute atomic E-state index is 0.347. The molecular weight excluding hydrogens is 472 g/mol. The Morgan fingerprint density at radius 1 is 0.938 bits per heavy atom. The van der Waals surface area contributed by atoms with Crippen LogP contribution in [0.1, 0.15) is 32.4 Å². The molecule has 1 aromatic heterocycles. The Kier molecular flexibility index (Phi) is 6.47. The van der Waals surface area contributed by atoms with Gasteiger partial charge in [0.2, 0.25) is 5.78 Å². The summed E-state index contributed by atoms with van der Waals surface area (Å²) in [7, 11) is 0. The third-order valence-electron chi connectivity index (χ3n) is 4.92. The SMILES string of the molecule is O=C(CNC(=O)c1cccc(Br)c1)OC(C(=O)c1c[nH]c2ccccc12)c1ccccc1. The van der Waals surface area contributed by atoms with Gasteiger partial charge in [0.25, 0.3) is 5.91 Å². The molecule has 4 aromatic rings. The Bertz CT molecular complexity index is 1280. The summed E-state index contributed by atoms with van der Waals surface area (Å²) in [6.45, 7) is -0.365. The van der Waals surface area contributed by atoms with Crippen LogP contribution >= 0.6 is 15.9 Å². The van der Waals surface area contributed by atoms with Crippen molar-refractivity contribution in [2.24, 2.45) is 0 Å². The number of carbonyl (C=O) groups is 3. The van der Waals surface area contributed by atoms with Crippen LogP contribution in [0.2, 0.25) is 0 Å². The number of para-hydroxylation sites is 1. The molecule has 1 unspecified atom stereocenters. The molecule has 6 nitrogen and oxygen atoms in total. The molecule has 0 saturated heterocycles. The molecule has 3 aromatic carbocycles. The third-order valence-corrected chi connectivity index (χ3v) is 5.42. The van der Waals surface area contributed by atoms with E-state index in [4.69, 9.17) is 4.74 Å². The van der Waals surface area contributed by atoms with E-state index in [0.717, 1.165) is 15.4 Å². The lowest BCUT2D eigenvalue weighted by molar-refractivity contribution is -0.146. The second-order valence-corrected chi connectivity index (χ2v) is 8.00. The monoisotopic (exact) mass is 490 g/mol. The largest absolute Gasteiger partial charge is 0.448 e. The average molecular weight is 491 g/mol. The zero-order valence-electron chi connectivity index (χ0n) is 16.9. The molecule has 0 radical (unpaired) electrons. The Hall–Kier alpha value is -3.71. The number of carbonyl (C=O) groups excluding carboxylic acids is 3. The Balaban J connectivity index is 1.52. The summed E-state index contributed by atoms with van der Waals surface area (Å²) in [6, 6.07) is 23.0. The first-order valence-corrected chi connectivity index (χ1v) is 10.7. The van der Waals surface area contributed by atoms with E-state index < -0.39 is 18.0 Å². The number of benzene rings is 3. The third kappa shape index (κ3) is 4.78. The van der Waals surface area contributed by atoms with Crippen molar-refractivity contribution in [3.63, 3.8) is 0 Å². The van der Waals surface area contributed by atoms with E-state index in [1.54, 1.807) is 54.7 Å². The molecule has 0 spiro atoms. The van der Waals surface area contributed by atoms with Crippen molar-refractivity contribution in [2.75, 3.05) is 6.54 Å². The van der Waals surface area contributed by atoms with Gasteiger partial charge in [-0.15, -0.1) is 0 Å². The fraction of sp³-hybridized carbons (Fsp3) is 0.0800. The van der Waals surface area contributed by atoms with E-state index in [2.05, 4.69) is 26.2 Å². The van der Waals surface area contributed by atoms with Crippen LogP contribution in [-0.2, 0) is 9.53 Å². The van der Waals surface area contributed by atoms with E-state index >= 15 is 0 Å². The maximum atomic E-state index is 13.4. The van der Waals surface area contributed by atoms with Crippen LogP contribution in [0.25, 0.3) is 10.9 Å². The minimum Gasteiger partial charge on any atom is -0.448 e. The lowest BCUT2D eigenvalue weighted by Gasteiger charge is -2.17. The number of amides is 1. The summed E-state index contributed by atoms with van der Waals surface area (Å²) in [6.07, 6.45) is 0.483. The highest BCUT2D eigenvalue weighted by atomic mass is 79.9. The Morgan fingerprint density at radius 2 is 1.69 bits per heavy atom. The van der Waals surface area contributed by atoms with Crippen molar-refractivity contribution in [1.82, 2.24) is 10.3 Å². The summed E-state index contributed by atoms with van der Waals surface area (Å²) in [4.78, 5) is 41.3. The van der Waals surface area contributed by atoms with Gasteiger partial charge in [0, 0.05) is 38.3 Å². The van der Waals surface area contributed by atoms with Crippen LogP contribution in [0.15, 0.2) is 89.5 Å². The molecule has 1 atom stereocenters. The maximum Gasteiger partial charge on any atom is 0.326 e. The number of aromatic amines is 1. The van der Waals surface area contributed by atoms with Crippen LogP contribution in [0.4, 0.5) is 0 Å². The molecule has 1 heterocycles. The lowest BCUT2D eigenvalue weighted by atomic mass is 9.99. The quantitative estimate of drug-likeness (QED) is 0.287. The number of H-pyrrole nitrogens is 1. The van der Waals surface area contributed by atoms with E-state index in [0.29, 0.717) is 16.7 Å². The Morgan fingerprint density at radius 3 is 2.47 bits per heavy atom. The highest BCUT2D eigenvalue weighted by Gasteiger charge is 2.28. The predicted molar refractivity (Wildman–Crippen MR) is 124 cm³/mol. The number of ketones is 1. The molecule has 0 aliphatic rings. The fourth-order valence-electron chi connectivity index (χ4n) is 3.37. The lowest BCUT2D eigenvalue weighted by Crippen LogP contribution is -2.32. The molecule has 0 aliphatic heterocycles. The van der Waals surface area contributed by atoms with Crippen molar-refractivity contribution in [1.29, 1.82) is 0 Å². The van der Waals surface area contributed by atoms with Crippen molar-refractivity contribution in [3.05, 3.63) is 106 Å². The second kappa shape index (κ2) is 9.62. The second-order valence-electron chi connectivity index (χ2n) is 7.09. The smallest absolute Gasteiger partial charge is 0.326 e. The van der Waals surface area contributed by atoms with Crippen LogP contribution in [0.5, 0.6) is 0 Å². The van der Waals surface area contributed by atoms with Crippen LogP contribution in [0, 0.1) is 0 Å². The molecule has 0 fully saturated rings. The summed E-state index contributed by atoms with van der Waals surface area (Å²) < 4.78 is 6.31. The Labute approximate surface area is 192 Å². The minimum atomic E-state index is -1.13. The van der Waals surface area contributed by atoms with Gasteiger partial charge in [0.05, 0.1) is 0 Å². The van der Waals surface area contributed by atoms with Crippen LogP contribution in [-0.4, -0.2) is 29.2 Å². The topological polar surface area (TPSA) is 88.3 Å². The van der Waals surface area contributed by atoms with Gasteiger partial charge in [0.1, 0.15) is 6.54 Å². The van der Waals surface area contributed by atoms with Crippen LogP contribution < -0.4 is 5.32 Å². The van der Waals surface area contributed by atoms with Crippen molar-refractivity contribution in [2.45, 2.75) is 6.10 Å². The predicted octanol–water partition coefficient (Wildman–Crippen LogP) is 4.83. The van der Waals surface area contributed by atoms with E-state index in [-0.39, 0.29) is 12.3 Å². The normalized spacial score (nSPS) is 11.7. The van der Waals surface area contributed by atoms with Gasteiger partial charge >= 0.3 is 5.97 Å². The van der Waals surface area contributed by atoms with Crippen molar-refractivity contribution in [3.8, 4) is 0 Å². The van der Waals surface area contributed by atoms with E-state index in [1.807, 2.05) is 30.3 Å². The van der Waals surface area contributed by atoms with Crippen molar-refractivity contribution >= 4 is 44.5 Å². The summed E-state index contributed by atoms with van der Waals surface area (Å²) in [5, 5.41) is 3.28. The molecule has 7 heteroatoms. The molecule has 4 rings (SSSR count). The maximum absolute atomic E-state index is 13.4. The zero-order valence-corrected chi connectivity index (χ0v) is 18.5. The number of aromatic nitrogens is 1. The van der Waals surface area contributed by atoms with Gasteiger partial charge in [-0.3, -0.25) is 14.4 Å². The average Bonchev–Trinajstić information content (AvgIpc) is 3.25. The van der Waals surface area contributed by atoms with Gasteiger partial charge in [-0.05, 0) is 24.3 Å². The summed E-state index contributed by atoms with van der Waals surface area (Å²) >= 11 is 3.31. The fourth-order valence-corrected chi connectivity index (χ4v) is 3.77. The molecule has 0 saturated carbocycles. The molecular formula is C25H19BrN2O4. The van der Waals surface area contributed by atoms with Gasteiger partial charge in [0.15, 0.2) is 6.10 Å². The van der Waals surface area contributed by atoms with Crippen molar-refractivity contribution < 1.29 is 19.1 Å². The number of Topliss-reactive ketones (excluding diaryl/α,β-unsaturated/α-hetero) is 1. The number of esters is 1. The van der Waals surface area contributed by atoms with E-state index in [1.165, 1.54) is 0 Å². The molecule has 2 N–H and O–H groups in total. The number of ether oxygens (including phenoxy) is 1. The van der Waals surface area contributed by atoms with Gasteiger partial charge in [-0.25, -0.2) is 0 Å².